The first-order chi connectivity index (χ1) is 21.7. The zero-order chi connectivity index (χ0) is 32.1. The summed E-state index contributed by atoms with van der Waals surface area (Å²) in [4.78, 5) is 22.0. The van der Waals surface area contributed by atoms with E-state index < -0.39 is 17.6 Å². The number of rotatable bonds is 11. The Morgan fingerprint density at radius 3 is 2.16 bits per heavy atom. The molecular formula is C36H36Cl2N2O5. The highest BCUT2D eigenvalue weighted by Gasteiger charge is 2.57. The van der Waals surface area contributed by atoms with Crippen LogP contribution in [0.15, 0.2) is 96.0 Å². The number of esters is 1. The number of methoxy groups -OCH3 is 2. The Labute approximate surface area is 274 Å². The standard InChI is InChI=1S/C36H36Cl2N2O5/c1-6-44-35(41)36(26-12-16-28(38)17-13-26)33(25-10-14-27(37)15-11-25)40(22-24-8-7-9-29(20-24)42-4)34(39-36)31-19-18-30(43-5)21-32(31)45-23(2)3/h7-21,23,33H,6,22H2,1-5H3/t33-,36+/m1/s1. The summed E-state index contributed by atoms with van der Waals surface area (Å²) >= 11 is 12.7. The molecule has 234 valence electrons. The Morgan fingerprint density at radius 2 is 1.53 bits per heavy atom. The molecule has 0 aliphatic carbocycles. The SMILES string of the molecule is CCOC(=O)[C@@]1(c2ccc(Cl)cc2)N=C(c2ccc(OC)cc2OC(C)C)N(Cc2cccc(OC)c2)[C@@H]1c1ccc(Cl)cc1. The molecule has 9 heteroatoms. The molecule has 0 amide bonds. The van der Waals surface area contributed by atoms with Crippen LogP contribution < -0.4 is 14.2 Å². The van der Waals surface area contributed by atoms with E-state index in [-0.39, 0.29) is 12.7 Å². The van der Waals surface area contributed by atoms with Gasteiger partial charge in [0, 0.05) is 22.7 Å². The Kier molecular flexibility index (Phi) is 9.90. The van der Waals surface area contributed by atoms with Gasteiger partial charge in [0.25, 0.3) is 0 Å². The van der Waals surface area contributed by atoms with Crippen LogP contribution in [0.1, 0.15) is 49.1 Å². The predicted molar refractivity (Wildman–Crippen MR) is 178 cm³/mol. The largest absolute Gasteiger partial charge is 0.497 e. The summed E-state index contributed by atoms with van der Waals surface area (Å²) in [5.41, 5.74) is 1.60. The third-order valence-corrected chi connectivity index (χ3v) is 8.10. The molecule has 0 aromatic heterocycles. The molecule has 1 heterocycles. The normalized spacial score (nSPS) is 17.6. The summed E-state index contributed by atoms with van der Waals surface area (Å²) in [5, 5.41) is 1.12. The molecule has 5 rings (SSSR count). The van der Waals surface area contributed by atoms with Gasteiger partial charge in [-0.2, -0.15) is 0 Å². The van der Waals surface area contributed by atoms with Crippen molar-refractivity contribution in [1.29, 1.82) is 0 Å². The van der Waals surface area contributed by atoms with Gasteiger partial charge in [-0.25, -0.2) is 9.79 Å². The summed E-state index contributed by atoms with van der Waals surface area (Å²) in [6.07, 6.45) is -0.136. The summed E-state index contributed by atoms with van der Waals surface area (Å²) in [6, 6.07) is 27.5. The van der Waals surface area contributed by atoms with Crippen molar-refractivity contribution >= 4 is 35.0 Å². The molecule has 7 nitrogen and oxygen atoms in total. The Balaban J connectivity index is 1.85. The van der Waals surface area contributed by atoms with Crippen molar-refractivity contribution in [2.45, 2.75) is 45.0 Å². The van der Waals surface area contributed by atoms with E-state index in [1.165, 1.54) is 0 Å². The highest BCUT2D eigenvalue weighted by Crippen LogP contribution is 2.51. The van der Waals surface area contributed by atoms with Crippen LogP contribution in [0.25, 0.3) is 0 Å². The van der Waals surface area contributed by atoms with E-state index in [9.17, 15) is 4.79 Å². The van der Waals surface area contributed by atoms with Crippen molar-refractivity contribution < 1.29 is 23.7 Å². The van der Waals surface area contributed by atoms with Gasteiger partial charge in [0.15, 0.2) is 0 Å². The van der Waals surface area contributed by atoms with Gasteiger partial charge in [-0.15, -0.1) is 0 Å². The lowest BCUT2D eigenvalue weighted by Crippen LogP contribution is -2.44. The van der Waals surface area contributed by atoms with E-state index in [0.717, 1.165) is 16.9 Å². The molecule has 0 unspecified atom stereocenters. The number of hydrogen-bond acceptors (Lipinski definition) is 7. The fourth-order valence-electron chi connectivity index (χ4n) is 5.66. The average Bonchev–Trinajstić information content (AvgIpc) is 3.37. The quantitative estimate of drug-likeness (QED) is 0.153. The van der Waals surface area contributed by atoms with Gasteiger partial charge in [-0.05, 0) is 86.0 Å². The van der Waals surface area contributed by atoms with Crippen molar-refractivity contribution in [2.24, 2.45) is 4.99 Å². The van der Waals surface area contributed by atoms with Crippen molar-refractivity contribution in [3.8, 4) is 17.2 Å². The third-order valence-electron chi connectivity index (χ3n) is 7.60. The molecule has 0 radical (unpaired) electrons. The number of aliphatic imine (C=N–C) groups is 1. The van der Waals surface area contributed by atoms with E-state index in [1.54, 1.807) is 33.3 Å². The van der Waals surface area contributed by atoms with Crippen LogP contribution >= 0.6 is 23.2 Å². The number of carbonyl (C=O) groups excluding carboxylic acids is 1. The Morgan fingerprint density at radius 1 is 0.889 bits per heavy atom. The molecule has 0 N–H and O–H groups in total. The Hall–Kier alpha value is -4.20. The number of ether oxygens (including phenoxy) is 4. The molecule has 0 saturated heterocycles. The number of amidine groups is 1. The first kappa shape index (κ1) is 32.2. The zero-order valence-electron chi connectivity index (χ0n) is 25.9. The molecule has 0 bridgehead atoms. The average molecular weight is 648 g/mol. The minimum Gasteiger partial charge on any atom is -0.497 e. The van der Waals surface area contributed by atoms with Crippen molar-refractivity contribution in [1.82, 2.24) is 4.90 Å². The van der Waals surface area contributed by atoms with Crippen LogP contribution in [0.4, 0.5) is 0 Å². The van der Waals surface area contributed by atoms with E-state index >= 15 is 0 Å². The maximum Gasteiger partial charge on any atom is 0.341 e. The molecular weight excluding hydrogens is 611 g/mol. The number of carbonyl (C=O) groups is 1. The van der Waals surface area contributed by atoms with Crippen LogP contribution in [-0.2, 0) is 21.6 Å². The maximum atomic E-state index is 14.5. The smallest absolute Gasteiger partial charge is 0.341 e. The fraction of sp³-hybridized carbons (Fsp3) is 0.278. The molecule has 0 fully saturated rings. The molecule has 1 aliphatic rings. The fourth-order valence-corrected chi connectivity index (χ4v) is 5.92. The third kappa shape index (κ3) is 6.60. The first-order valence-corrected chi connectivity index (χ1v) is 15.5. The van der Waals surface area contributed by atoms with E-state index in [2.05, 4.69) is 4.90 Å². The van der Waals surface area contributed by atoms with Crippen LogP contribution in [-0.4, -0.2) is 43.6 Å². The van der Waals surface area contributed by atoms with E-state index in [0.29, 0.717) is 45.1 Å². The molecule has 0 spiro atoms. The van der Waals surface area contributed by atoms with Crippen molar-refractivity contribution in [3.05, 3.63) is 123 Å². The van der Waals surface area contributed by atoms with Crippen LogP contribution in [0, 0.1) is 0 Å². The minimum atomic E-state index is -1.52. The van der Waals surface area contributed by atoms with Crippen molar-refractivity contribution in [3.63, 3.8) is 0 Å². The van der Waals surface area contributed by atoms with Gasteiger partial charge in [-0.3, -0.25) is 0 Å². The van der Waals surface area contributed by atoms with Gasteiger partial charge >= 0.3 is 5.97 Å². The van der Waals surface area contributed by atoms with E-state index in [1.807, 2.05) is 92.7 Å². The van der Waals surface area contributed by atoms with Gasteiger partial charge in [0.1, 0.15) is 23.1 Å². The minimum absolute atomic E-state index is 0.136. The summed E-state index contributed by atoms with van der Waals surface area (Å²) in [7, 11) is 3.25. The first-order valence-electron chi connectivity index (χ1n) is 14.7. The molecule has 4 aromatic rings. The number of nitrogens with zero attached hydrogens (tertiary/aromatic N) is 2. The van der Waals surface area contributed by atoms with Gasteiger partial charge in [0.2, 0.25) is 5.54 Å². The van der Waals surface area contributed by atoms with Crippen molar-refractivity contribution in [2.75, 3.05) is 20.8 Å². The lowest BCUT2D eigenvalue weighted by Gasteiger charge is -2.37. The van der Waals surface area contributed by atoms with Gasteiger partial charge < -0.3 is 23.8 Å². The highest BCUT2D eigenvalue weighted by atomic mass is 35.5. The topological polar surface area (TPSA) is 69.6 Å². The zero-order valence-corrected chi connectivity index (χ0v) is 27.4. The van der Waals surface area contributed by atoms with Gasteiger partial charge in [0.05, 0.1) is 38.5 Å². The highest BCUT2D eigenvalue weighted by molar-refractivity contribution is 6.30. The van der Waals surface area contributed by atoms with E-state index in [4.69, 9.17) is 47.1 Å². The summed E-state index contributed by atoms with van der Waals surface area (Å²) in [5.74, 6) is 1.99. The second-order valence-corrected chi connectivity index (χ2v) is 11.8. The second-order valence-electron chi connectivity index (χ2n) is 10.9. The van der Waals surface area contributed by atoms with Crippen LogP contribution in [0.5, 0.6) is 17.2 Å². The number of hydrogen-bond donors (Lipinski definition) is 0. The van der Waals surface area contributed by atoms with Crippen LogP contribution in [0.2, 0.25) is 10.0 Å². The Bertz CT molecular complexity index is 1670. The molecule has 1 aliphatic heterocycles. The van der Waals surface area contributed by atoms with Gasteiger partial charge in [-0.1, -0.05) is 59.6 Å². The number of halogens is 2. The molecule has 45 heavy (non-hydrogen) atoms. The molecule has 0 saturated carbocycles. The maximum absolute atomic E-state index is 14.5. The predicted octanol–water partition coefficient (Wildman–Crippen LogP) is 8.26. The molecule has 4 aromatic carbocycles. The second kappa shape index (κ2) is 13.8. The lowest BCUT2D eigenvalue weighted by molar-refractivity contribution is -0.151. The lowest BCUT2D eigenvalue weighted by atomic mass is 9.79. The van der Waals surface area contributed by atoms with Crippen LogP contribution in [0.3, 0.4) is 0 Å². The summed E-state index contributed by atoms with van der Waals surface area (Å²) < 4.78 is 23.3. The monoisotopic (exact) mass is 646 g/mol. The summed E-state index contributed by atoms with van der Waals surface area (Å²) in [6.45, 7) is 6.26. The number of benzene rings is 4. The molecule has 2 atom stereocenters.